The van der Waals surface area contributed by atoms with E-state index in [0.717, 1.165) is 6.42 Å². The number of H-pyrrole nitrogens is 1. The van der Waals surface area contributed by atoms with Crippen LogP contribution in [0, 0.1) is 11.3 Å². The van der Waals surface area contributed by atoms with Gasteiger partial charge in [-0.3, -0.25) is 14.7 Å². The maximum atomic E-state index is 13.0. The summed E-state index contributed by atoms with van der Waals surface area (Å²) >= 11 is 0. The molecule has 2 aromatic heterocycles. The average molecular weight is 363 g/mol. The second-order valence-electron chi connectivity index (χ2n) is 6.63. The number of hydrogen-bond acceptors (Lipinski definition) is 4. The Morgan fingerprint density at radius 2 is 2.19 bits per heavy atom. The number of nitrogens with zero attached hydrogens (tertiary/aromatic N) is 3. The summed E-state index contributed by atoms with van der Waals surface area (Å²) in [5.41, 5.74) is 2.54. The van der Waals surface area contributed by atoms with Crippen molar-refractivity contribution in [3.05, 3.63) is 57.5 Å². The fourth-order valence-corrected chi connectivity index (χ4v) is 3.00. The summed E-state index contributed by atoms with van der Waals surface area (Å²) in [6.07, 6.45) is 2.31. The zero-order valence-corrected chi connectivity index (χ0v) is 15.5. The molecule has 1 amide bonds. The Morgan fingerprint density at radius 3 is 2.85 bits per heavy atom. The van der Waals surface area contributed by atoms with E-state index in [1.54, 1.807) is 18.2 Å². The van der Waals surface area contributed by atoms with Gasteiger partial charge in [-0.05, 0) is 24.5 Å². The normalized spacial score (nSPS) is 10.9. The summed E-state index contributed by atoms with van der Waals surface area (Å²) in [4.78, 5) is 29.9. The third-order valence-electron chi connectivity index (χ3n) is 4.33. The van der Waals surface area contributed by atoms with Gasteiger partial charge in [0.1, 0.15) is 11.6 Å². The predicted molar refractivity (Wildman–Crippen MR) is 103 cm³/mol. The highest BCUT2D eigenvalue weighted by atomic mass is 16.1. The van der Waals surface area contributed by atoms with Crippen molar-refractivity contribution in [2.24, 2.45) is 0 Å². The van der Waals surface area contributed by atoms with Gasteiger partial charge in [0.25, 0.3) is 11.5 Å². The van der Waals surface area contributed by atoms with Crippen molar-refractivity contribution >= 4 is 11.6 Å². The van der Waals surface area contributed by atoms with E-state index >= 15 is 0 Å². The summed E-state index contributed by atoms with van der Waals surface area (Å²) in [6.45, 7) is 6.42. The maximum Gasteiger partial charge on any atom is 0.276 e. The van der Waals surface area contributed by atoms with Crippen molar-refractivity contribution in [3.63, 3.8) is 0 Å². The van der Waals surface area contributed by atoms with Gasteiger partial charge in [0.15, 0.2) is 5.65 Å². The standard InChI is InChI=1S/C20H21N5O2/c1-4-8-22-19(26)14-7-5-6-13(9-14)17-16(12(2)3)20(27)25-18(24-17)15(10-21)11-23-25/h5-7,9,11-12,23H,4,8H2,1-3H3,(H,22,26). The molecule has 0 fully saturated rings. The molecule has 7 nitrogen and oxygen atoms in total. The number of aromatic nitrogens is 3. The van der Waals surface area contributed by atoms with Crippen molar-refractivity contribution in [1.82, 2.24) is 19.9 Å². The van der Waals surface area contributed by atoms with E-state index in [2.05, 4.69) is 15.4 Å². The molecule has 3 rings (SSSR count). The monoisotopic (exact) mass is 363 g/mol. The number of rotatable bonds is 5. The van der Waals surface area contributed by atoms with Crippen LogP contribution in [0.2, 0.25) is 0 Å². The second-order valence-corrected chi connectivity index (χ2v) is 6.63. The lowest BCUT2D eigenvalue weighted by molar-refractivity contribution is 0.0953. The van der Waals surface area contributed by atoms with E-state index in [-0.39, 0.29) is 23.0 Å². The first kappa shape index (κ1) is 18.4. The van der Waals surface area contributed by atoms with Crippen LogP contribution in [0.15, 0.2) is 35.3 Å². The molecule has 138 valence electrons. The first-order chi connectivity index (χ1) is 13.0. The molecule has 0 aliphatic carbocycles. The SMILES string of the molecule is CCCNC(=O)c1cccc(-c2nc3c(C#N)c[nH]n3c(=O)c2C(C)C)c1. The van der Waals surface area contributed by atoms with Crippen molar-refractivity contribution < 1.29 is 4.79 Å². The molecule has 3 aromatic rings. The van der Waals surface area contributed by atoms with Crippen LogP contribution in [0.25, 0.3) is 16.9 Å². The van der Waals surface area contributed by atoms with Gasteiger partial charge < -0.3 is 5.32 Å². The van der Waals surface area contributed by atoms with Crippen molar-refractivity contribution in [3.8, 4) is 17.3 Å². The Hall–Kier alpha value is -3.40. The van der Waals surface area contributed by atoms with Gasteiger partial charge in [0, 0.05) is 29.4 Å². The Bertz CT molecular complexity index is 1100. The molecule has 0 saturated carbocycles. The maximum absolute atomic E-state index is 13.0. The topological polar surface area (TPSA) is 103 Å². The minimum atomic E-state index is -0.243. The lowest BCUT2D eigenvalue weighted by Crippen LogP contribution is -2.24. The van der Waals surface area contributed by atoms with Crippen LogP contribution >= 0.6 is 0 Å². The van der Waals surface area contributed by atoms with Crippen molar-refractivity contribution in [2.45, 2.75) is 33.1 Å². The van der Waals surface area contributed by atoms with Gasteiger partial charge in [-0.1, -0.05) is 32.9 Å². The zero-order valence-electron chi connectivity index (χ0n) is 15.5. The van der Waals surface area contributed by atoms with E-state index in [1.807, 2.05) is 32.9 Å². The second kappa shape index (κ2) is 7.46. The summed E-state index contributed by atoms with van der Waals surface area (Å²) in [6, 6.07) is 9.09. The largest absolute Gasteiger partial charge is 0.352 e. The molecule has 0 unspecified atom stereocenters. The van der Waals surface area contributed by atoms with Crippen molar-refractivity contribution in [2.75, 3.05) is 6.54 Å². The number of carbonyl (C=O) groups is 1. The van der Waals surface area contributed by atoms with Crippen LogP contribution in [0.3, 0.4) is 0 Å². The third-order valence-corrected chi connectivity index (χ3v) is 4.33. The molecule has 0 atom stereocenters. The number of aromatic amines is 1. The number of carbonyl (C=O) groups excluding carboxylic acids is 1. The minimum Gasteiger partial charge on any atom is -0.352 e. The van der Waals surface area contributed by atoms with Crippen LogP contribution in [0.4, 0.5) is 0 Å². The van der Waals surface area contributed by atoms with Gasteiger partial charge in [0.2, 0.25) is 0 Å². The highest BCUT2D eigenvalue weighted by molar-refractivity contribution is 5.95. The number of fused-ring (bicyclic) bond motifs is 1. The van der Waals surface area contributed by atoms with E-state index in [4.69, 9.17) is 0 Å². The number of benzene rings is 1. The Kier molecular flexibility index (Phi) is 5.08. The fourth-order valence-electron chi connectivity index (χ4n) is 3.00. The molecule has 0 radical (unpaired) electrons. The Morgan fingerprint density at radius 1 is 1.41 bits per heavy atom. The smallest absolute Gasteiger partial charge is 0.276 e. The highest BCUT2D eigenvalue weighted by Gasteiger charge is 2.20. The van der Waals surface area contributed by atoms with Gasteiger partial charge in [0.05, 0.1) is 5.69 Å². The fraction of sp³-hybridized carbons (Fsp3) is 0.300. The summed E-state index contributed by atoms with van der Waals surface area (Å²) < 4.78 is 1.29. The molecule has 0 saturated heterocycles. The van der Waals surface area contributed by atoms with Crippen LogP contribution in [0.1, 0.15) is 54.6 Å². The van der Waals surface area contributed by atoms with Crippen LogP contribution in [-0.2, 0) is 0 Å². The van der Waals surface area contributed by atoms with Gasteiger partial charge in [-0.25, -0.2) is 9.50 Å². The Balaban J connectivity index is 2.22. The minimum absolute atomic E-state index is 0.0803. The quantitative estimate of drug-likeness (QED) is 0.727. The zero-order chi connectivity index (χ0) is 19.6. The summed E-state index contributed by atoms with van der Waals surface area (Å²) in [5, 5.41) is 14.9. The third kappa shape index (κ3) is 3.34. The van der Waals surface area contributed by atoms with Gasteiger partial charge >= 0.3 is 0 Å². The van der Waals surface area contributed by atoms with E-state index in [9.17, 15) is 14.9 Å². The molecule has 0 bridgehead atoms. The predicted octanol–water partition coefficient (Wildman–Crippen LogP) is 2.82. The van der Waals surface area contributed by atoms with Crippen molar-refractivity contribution in [1.29, 1.82) is 5.26 Å². The highest BCUT2D eigenvalue weighted by Crippen LogP contribution is 2.26. The molecule has 2 N–H and O–H groups in total. The molecule has 1 aromatic carbocycles. The molecular formula is C20H21N5O2. The molecule has 0 aliphatic rings. The number of nitriles is 1. The molecule has 0 spiro atoms. The lowest BCUT2D eigenvalue weighted by atomic mass is 9.97. The number of nitrogens with one attached hydrogen (secondary N) is 2. The Labute approximate surface area is 156 Å². The first-order valence-corrected chi connectivity index (χ1v) is 8.90. The van der Waals surface area contributed by atoms with E-state index in [1.165, 1.54) is 10.7 Å². The first-order valence-electron chi connectivity index (χ1n) is 8.90. The molecule has 27 heavy (non-hydrogen) atoms. The van der Waals surface area contributed by atoms with E-state index in [0.29, 0.717) is 34.5 Å². The van der Waals surface area contributed by atoms with Crippen LogP contribution in [0.5, 0.6) is 0 Å². The van der Waals surface area contributed by atoms with Crippen LogP contribution < -0.4 is 10.9 Å². The molecule has 0 aliphatic heterocycles. The number of amides is 1. The molecule has 2 heterocycles. The summed E-state index contributed by atoms with van der Waals surface area (Å²) in [7, 11) is 0. The lowest BCUT2D eigenvalue weighted by Gasteiger charge is -2.13. The molecule has 7 heteroatoms. The van der Waals surface area contributed by atoms with Gasteiger partial charge in [-0.2, -0.15) is 5.26 Å². The van der Waals surface area contributed by atoms with Crippen LogP contribution in [-0.4, -0.2) is 27.0 Å². The van der Waals surface area contributed by atoms with E-state index < -0.39 is 0 Å². The van der Waals surface area contributed by atoms with Gasteiger partial charge in [-0.15, -0.1) is 0 Å². The molecular weight excluding hydrogens is 342 g/mol. The summed E-state index contributed by atoms with van der Waals surface area (Å²) in [5.74, 6) is -0.245. The average Bonchev–Trinajstić information content (AvgIpc) is 3.09. The number of hydrogen-bond donors (Lipinski definition) is 2.